The van der Waals surface area contributed by atoms with Crippen molar-refractivity contribution >= 4 is 41.8 Å². The smallest absolute Gasteiger partial charge is 0.410 e. The van der Waals surface area contributed by atoms with Gasteiger partial charge >= 0.3 is 18.0 Å². The lowest BCUT2D eigenvalue weighted by Gasteiger charge is -2.42. The van der Waals surface area contributed by atoms with E-state index >= 15 is 0 Å². The Morgan fingerprint density at radius 3 is 2.09 bits per heavy atom. The SMILES string of the molecule is CCOC(=O)[C@H](CC(=O)O)NC(=O)/C(C)=C/[C@H](C(C)C)N(C)C(=O)[C@@H](NC(=O)[C@@H](N(C)C(=O)OC(C)(C)C)C(C)(C)c1cn(C)c2c1C=CCC2)C(C)(C)C. The Labute approximate surface area is 327 Å². The fourth-order valence-electron chi connectivity index (χ4n) is 6.88. The molecule has 1 aromatic heterocycles. The average Bonchev–Trinajstić information content (AvgIpc) is 3.40. The van der Waals surface area contributed by atoms with Crippen molar-refractivity contribution in [2.45, 2.75) is 138 Å². The summed E-state index contributed by atoms with van der Waals surface area (Å²) in [4.78, 5) is 82.8. The molecule has 14 heteroatoms. The maximum Gasteiger partial charge on any atom is 0.410 e. The van der Waals surface area contributed by atoms with E-state index in [2.05, 4.69) is 27.4 Å². The zero-order chi connectivity index (χ0) is 42.4. The Kier molecular flexibility index (Phi) is 15.5. The summed E-state index contributed by atoms with van der Waals surface area (Å²) in [6.07, 6.45) is 8.11. The highest BCUT2D eigenvalue weighted by molar-refractivity contribution is 5.97. The summed E-state index contributed by atoms with van der Waals surface area (Å²) in [5, 5.41) is 14.8. The average molecular weight is 772 g/mol. The third kappa shape index (κ3) is 11.9. The first-order valence-corrected chi connectivity index (χ1v) is 18.9. The molecule has 0 radical (unpaired) electrons. The number of carbonyl (C=O) groups excluding carboxylic acids is 5. The molecular formula is C41H65N5O9. The van der Waals surface area contributed by atoms with Gasteiger partial charge in [0, 0.05) is 44.0 Å². The lowest BCUT2D eigenvalue weighted by atomic mass is 9.74. The summed E-state index contributed by atoms with van der Waals surface area (Å²) < 4.78 is 12.7. The number of aliphatic carboxylic acids is 1. The highest BCUT2D eigenvalue weighted by atomic mass is 16.6. The Balaban J connectivity index is 2.57. The number of nitrogens with zero attached hydrogens (tertiary/aromatic N) is 3. The van der Waals surface area contributed by atoms with Crippen LogP contribution in [0.15, 0.2) is 23.9 Å². The van der Waals surface area contributed by atoms with Crippen molar-refractivity contribution in [3.63, 3.8) is 0 Å². The van der Waals surface area contributed by atoms with Gasteiger partial charge in [-0.15, -0.1) is 0 Å². The number of carboxylic acid groups (broad SMARTS) is 1. The number of hydrogen-bond donors (Lipinski definition) is 3. The maximum absolute atomic E-state index is 14.8. The van der Waals surface area contributed by atoms with Crippen molar-refractivity contribution in [3.8, 4) is 0 Å². The second-order valence-corrected chi connectivity index (χ2v) is 17.4. The molecule has 0 bridgehead atoms. The number of aryl methyl sites for hydroxylation is 1. The van der Waals surface area contributed by atoms with Gasteiger partial charge in [0.2, 0.25) is 17.7 Å². The van der Waals surface area contributed by atoms with Crippen LogP contribution in [0.5, 0.6) is 0 Å². The van der Waals surface area contributed by atoms with Crippen LogP contribution in [0.3, 0.4) is 0 Å². The van der Waals surface area contributed by atoms with Gasteiger partial charge in [0.25, 0.3) is 0 Å². The molecule has 3 N–H and O–H groups in total. The van der Waals surface area contributed by atoms with Gasteiger partial charge in [-0.3, -0.25) is 24.1 Å². The van der Waals surface area contributed by atoms with E-state index in [1.165, 1.54) is 23.8 Å². The van der Waals surface area contributed by atoms with Crippen LogP contribution in [0.1, 0.15) is 113 Å². The van der Waals surface area contributed by atoms with Gasteiger partial charge in [-0.2, -0.15) is 0 Å². The van der Waals surface area contributed by atoms with Crippen LogP contribution >= 0.6 is 0 Å². The van der Waals surface area contributed by atoms with Gasteiger partial charge in [0.1, 0.15) is 23.7 Å². The lowest BCUT2D eigenvalue weighted by Crippen LogP contribution is -2.63. The number of allylic oxidation sites excluding steroid dienone is 1. The van der Waals surface area contributed by atoms with Gasteiger partial charge in [-0.1, -0.05) is 66.7 Å². The first-order chi connectivity index (χ1) is 25.1. The summed E-state index contributed by atoms with van der Waals surface area (Å²) in [7, 11) is 5.08. The van der Waals surface area contributed by atoms with Crippen LogP contribution in [0.25, 0.3) is 6.08 Å². The van der Waals surface area contributed by atoms with Crippen LogP contribution < -0.4 is 10.6 Å². The molecule has 0 spiro atoms. The second-order valence-electron chi connectivity index (χ2n) is 17.4. The predicted molar refractivity (Wildman–Crippen MR) is 211 cm³/mol. The molecule has 0 saturated carbocycles. The molecule has 1 aliphatic carbocycles. The number of esters is 1. The van der Waals surface area contributed by atoms with Gasteiger partial charge in [0.05, 0.1) is 19.1 Å². The fourth-order valence-corrected chi connectivity index (χ4v) is 6.88. The third-order valence-corrected chi connectivity index (χ3v) is 9.79. The predicted octanol–water partition coefficient (Wildman–Crippen LogP) is 4.98. The molecule has 1 heterocycles. The number of ether oxygens (including phenoxy) is 2. The maximum atomic E-state index is 14.8. The van der Waals surface area contributed by atoms with E-state index in [0.717, 1.165) is 29.7 Å². The van der Waals surface area contributed by atoms with E-state index < -0.39 is 82.8 Å². The number of amides is 4. The van der Waals surface area contributed by atoms with E-state index in [9.17, 15) is 33.9 Å². The monoisotopic (exact) mass is 771 g/mol. The number of carboxylic acids is 1. The van der Waals surface area contributed by atoms with Gasteiger partial charge in [-0.25, -0.2) is 9.59 Å². The third-order valence-electron chi connectivity index (χ3n) is 9.79. The molecule has 4 atom stereocenters. The summed E-state index contributed by atoms with van der Waals surface area (Å²) in [5.41, 5.74) is 0.549. The first kappa shape index (κ1) is 46.5. The molecule has 0 fully saturated rings. The van der Waals surface area contributed by atoms with Crippen molar-refractivity contribution < 1.29 is 43.3 Å². The van der Waals surface area contributed by atoms with E-state index in [0.29, 0.717) is 0 Å². The molecule has 0 aliphatic heterocycles. The summed E-state index contributed by atoms with van der Waals surface area (Å²) in [6, 6.07) is -4.25. The fraction of sp³-hybridized carbons (Fsp3) is 0.659. The molecule has 0 aromatic carbocycles. The summed E-state index contributed by atoms with van der Waals surface area (Å²) in [6.45, 7) is 21.4. The Hall–Kier alpha value is -4.62. The van der Waals surface area contributed by atoms with Crippen molar-refractivity contribution in [1.29, 1.82) is 0 Å². The topological polar surface area (TPSA) is 177 Å². The number of hydrogen-bond acceptors (Lipinski definition) is 8. The second kappa shape index (κ2) is 18.3. The minimum Gasteiger partial charge on any atom is -0.481 e. The van der Waals surface area contributed by atoms with Crippen LogP contribution in [-0.4, -0.2) is 106 Å². The first-order valence-electron chi connectivity index (χ1n) is 18.9. The number of aromatic nitrogens is 1. The molecule has 1 aromatic rings. The normalized spacial score (nSPS) is 15.6. The highest BCUT2D eigenvalue weighted by Gasteiger charge is 2.47. The highest BCUT2D eigenvalue weighted by Crippen LogP contribution is 2.38. The number of rotatable bonds is 15. The quantitative estimate of drug-likeness (QED) is 0.164. The van der Waals surface area contributed by atoms with Crippen LogP contribution in [0.4, 0.5) is 4.79 Å². The van der Waals surface area contributed by atoms with E-state index in [4.69, 9.17) is 9.47 Å². The van der Waals surface area contributed by atoms with Crippen LogP contribution in [-0.2, 0) is 52.3 Å². The molecule has 14 nitrogen and oxygen atoms in total. The summed E-state index contributed by atoms with van der Waals surface area (Å²) >= 11 is 0. The van der Waals surface area contributed by atoms with Crippen molar-refractivity contribution in [2.75, 3.05) is 20.7 Å². The van der Waals surface area contributed by atoms with Crippen molar-refractivity contribution in [2.24, 2.45) is 18.4 Å². The largest absolute Gasteiger partial charge is 0.481 e. The van der Waals surface area contributed by atoms with Gasteiger partial charge < -0.3 is 34.7 Å². The molecule has 4 amide bonds. The standard InChI is InChI=1S/C41H65N5O9/c1-16-54-37(52)28(22-31(47)48)42-34(49)25(4)21-30(24(2)3)45(14)36(51)32(39(5,6)7)43-35(50)33(46(15)38(53)55-40(8,9)10)41(11,12)27-23-44(13)29-20-18-17-19-26(27)29/h17,19,21,23-24,28,30,32-33H,16,18,20,22H2,1-15H3,(H,42,49)(H,43,50)(H,47,48)/b25-21+/t28-,30+,32+,33+/m0/s1. The molecule has 0 saturated heterocycles. The molecule has 308 valence electrons. The minimum absolute atomic E-state index is 0.00849. The lowest BCUT2D eigenvalue weighted by molar-refractivity contribution is -0.151. The molecule has 0 unspecified atom stereocenters. The van der Waals surface area contributed by atoms with Crippen molar-refractivity contribution in [1.82, 2.24) is 25.0 Å². The molecule has 1 aliphatic rings. The van der Waals surface area contributed by atoms with E-state index in [-0.39, 0.29) is 18.1 Å². The van der Waals surface area contributed by atoms with Crippen LogP contribution in [0.2, 0.25) is 0 Å². The number of nitrogens with one attached hydrogen (secondary N) is 2. The molecular weight excluding hydrogens is 706 g/mol. The zero-order valence-electron chi connectivity index (χ0n) is 35.6. The number of likely N-dealkylation sites (N-methyl/N-ethyl adjacent to an activating group) is 2. The number of carbonyl (C=O) groups is 6. The van der Waals surface area contributed by atoms with Crippen molar-refractivity contribution in [3.05, 3.63) is 40.7 Å². The molecule has 2 rings (SSSR count). The van der Waals surface area contributed by atoms with Gasteiger partial charge in [-0.05, 0) is 69.9 Å². The number of fused-ring (bicyclic) bond motifs is 1. The van der Waals surface area contributed by atoms with Crippen LogP contribution in [0, 0.1) is 11.3 Å². The van der Waals surface area contributed by atoms with Gasteiger partial charge in [0.15, 0.2) is 0 Å². The Morgan fingerprint density at radius 1 is 0.982 bits per heavy atom. The summed E-state index contributed by atoms with van der Waals surface area (Å²) in [5.74, 6) is -4.05. The van der Waals surface area contributed by atoms with E-state index in [1.54, 1.807) is 40.8 Å². The minimum atomic E-state index is -1.40. The zero-order valence-corrected chi connectivity index (χ0v) is 35.6. The molecule has 55 heavy (non-hydrogen) atoms. The Morgan fingerprint density at radius 2 is 1.58 bits per heavy atom. The Bertz CT molecular complexity index is 1660. The van der Waals surface area contributed by atoms with E-state index in [1.807, 2.05) is 61.7 Å².